The Hall–Kier alpha value is -3.03. The Labute approximate surface area is 138 Å². The second-order valence-electron chi connectivity index (χ2n) is 4.65. The highest BCUT2D eigenvalue weighted by Gasteiger charge is 2.14. The number of rotatable bonds is 6. The van der Waals surface area contributed by atoms with Crippen molar-refractivity contribution in [3.8, 4) is 17.2 Å². The Morgan fingerprint density at radius 2 is 1.83 bits per heavy atom. The van der Waals surface area contributed by atoms with Crippen LogP contribution in [0, 0.1) is 5.82 Å². The highest BCUT2D eigenvalue weighted by Crippen LogP contribution is 2.39. The van der Waals surface area contributed by atoms with Gasteiger partial charge >= 0.3 is 6.03 Å². The first kappa shape index (κ1) is 17.3. The monoisotopic (exact) mass is 335 g/mol. The van der Waals surface area contributed by atoms with Crippen LogP contribution in [0.5, 0.6) is 17.2 Å². The molecule has 1 aromatic carbocycles. The van der Waals surface area contributed by atoms with Crippen LogP contribution in [-0.2, 0) is 6.54 Å². The van der Waals surface area contributed by atoms with E-state index in [0.717, 1.165) is 0 Å². The summed E-state index contributed by atoms with van der Waals surface area (Å²) in [4.78, 5) is 15.8. The van der Waals surface area contributed by atoms with E-state index >= 15 is 0 Å². The van der Waals surface area contributed by atoms with Gasteiger partial charge in [-0.2, -0.15) is 0 Å². The molecule has 7 nitrogen and oxygen atoms in total. The maximum absolute atomic E-state index is 13.5. The van der Waals surface area contributed by atoms with Gasteiger partial charge < -0.3 is 24.8 Å². The van der Waals surface area contributed by atoms with Crippen molar-refractivity contribution in [1.29, 1.82) is 0 Å². The highest BCUT2D eigenvalue weighted by atomic mass is 19.1. The molecular weight excluding hydrogens is 317 g/mol. The number of carbonyl (C=O) groups is 1. The van der Waals surface area contributed by atoms with Crippen LogP contribution in [0.3, 0.4) is 0 Å². The standard InChI is InChI=1S/C16H18FN3O4/c1-22-13-7-10(8-14(23-2)15(13)24-3)20-16(21)19-9-12-11(17)5-4-6-18-12/h4-8H,9H2,1-3H3,(H2,19,20,21). The number of urea groups is 1. The molecule has 0 saturated heterocycles. The van der Waals surface area contributed by atoms with Crippen molar-refractivity contribution in [2.24, 2.45) is 0 Å². The third-order valence-electron chi connectivity index (χ3n) is 3.17. The van der Waals surface area contributed by atoms with Crippen molar-refractivity contribution in [2.45, 2.75) is 6.54 Å². The number of hydrogen-bond acceptors (Lipinski definition) is 5. The average Bonchev–Trinajstić information content (AvgIpc) is 2.60. The maximum atomic E-state index is 13.5. The molecule has 0 aliphatic rings. The maximum Gasteiger partial charge on any atom is 0.319 e. The fourth-order valence-electron chi connectivity index (χ4n) is 2.04. The Morgan fingerprint density at radius 3 is 2.38 bits per heavy atom. The van der Waals surface area contributed by atoms with Gasteiger partial charge in [-0.1, -0.05) is 0 Å². The summed E-state index contributed by atoms with van der Waals surface area (Å²) in [5.41, 5.74) is 0.584. The summed E-state index contributed by atoms with van der Waals surface area (Å²) >= 11 is 0. The average molecular weight is 335 g/mol. The topological polar surface area (TPSA) is 81.7 Å². The Balaban J connectivity index is 2.07. The van der Waals surface area contributed by atoms with E-state index in [0.29, 0.717) is 22.9 Å². The van der Waals surface area contributed by atoms with Gasteiger partial charge in [-0.15, -0.1) is 0 Å². The molecule has 2 amide bonds. The summed E-state index contributed by atoms with van der Waals surface area (Å²) in [6.45, 7) is -0.0388. The molecule has 0 aliphatic heterocycles. The number of pyridine rings is 1. The third-order valence-corrected chi connectivity index (χ3v) is 3.17. The van der Waals surface area contributed by atoms with Crippen molar-refractivity contribution in [1.82, 2.24) is 10.3 Å². The second-order valence-corrected chi connectivity index (χ2v) is 4.65. The van der Waals surface area contributed by atoms with E-state index in [1.54, 1.807) is 12.1 Å². The highest BCUT2D eigenvalue weighted by molar-refractivity contribution is 5.90. The molecule has 0 radical (unpaired) electrons. The van der Waals surface area contributed by atoms with E-state index in [2.05, 4.69) is 15.6 Å². The van der Waals surface area contributed by atoms with E-state index < -0.39 is 11.8 Å². The lowest BCUT2D eigenvalue weighted by Gasteiger charge is -2.15. The van der Waals surface area contributed by atoms with Crippen LogP contribution in [0.25, 0.3) is 0 Å². The first-order chi connectivity index (χ1) is 11.6. The normalized spacial score (nSPS) is 10.0. The molecule has 0 fully saturated rings. The SMILES string of the molecule is COc1cc(NC(=O)NCc2ncccc2F)cc(OC)c1OC. The summed E-state index contributed by atoms with van der Waals surface area (Å²) in [7, 11) is 4.44. The van der Waals surface area contributed by atoms with Crippen LogP contribution in [0.15, 0.2) is 30.5 Å². The molecule has 2 N–H and O–H groups in total. The zero-order valence-corrected chi connectivity index (χ0v) is 13.6. The van der Waals surface area contributed by atoms with Gasteiger partial charge in [-0.05, 0) is 12.1 Å². The zero-order valence-electron chi connectivity index (χ0n) is 13.6. The number of methoxy groups -OCH3 is 3. The summed E-state index contributed by atoms with van der Waals surface area (Å²) in [6.07, 6.45) is 1.46. The summed E-state index contributed by atoms with van der Waals surface area (Å²) in [5, 5.41) is 5.14. The number of nitrogens with zero attached hydrogens (tertiary/aromatic N) is 1. The summed E-state index contributed by atoms with van der Waals surface area (Å²) < 4.78 is 29.1. The predicted molar refractivity (Wildman–Crippen MR) is 86.2 cm³/mol. The number of anilines is 1. The van der Waals surface area contributed by atoms with Gasteiger partial charge in [0.25, 0.3) is 0 Å². The summed E-state index contributed by atoms with van der Waals surface area (Å²) in [5.74, 6) is 0.748. The molecule has 2 aromatic rings. The number of ether oxygens (including phenoxy) is 3. The minimum absolute atomic E-state index is 0.0388. The fourth-order valence-corrected chi connectivity index (χ4v) is 2.04. The van der Waals surface area contributed by atoms with Crippen LogP contribution < -0.4 is 24.8 Å². The molecular formula is C16H18FN3O4. The Morgan fingerprint density at radius 1 is 1.17 bits per heavy atom. The van der Waals surface area contributed by atoms with Crippen molar-refractivity contribution < 1.29 is 23.4 Å². The van der Waals surface area contributed by atoms with Gasteiger partial charge in [0.1, 0.15) is 5.82 Å². The van der Waals surface area contributed by atoms with Crippen molar-refractivity contribution in [2.75, 3.05) is 26.6 Å². The summed E-state index contributed by atoms with van der Waals surface area (Å²) in [6, 6.07) is 5.41. The minimum Gasteiger partial charge on any atom is -0.493 e. The molecule has 8 heteroatoms. The first-order valence-electron chi connectivity index (χ1n) is 7.03. The number of nitrogens with one attached hydrogen (secondary N) is 2. The molecule has 0 atom stereocenters. The van der Waals surface area contributed by atoms with E-state index in [9.17, 15) is 9.18 Å². The largest absolute Gasteiger partial charge is 0.493 e. The van der Waals surface area contributed by atoms with Gasteiger partial charge in [0.05, 0.1) is 39.3 Å². The van der Waals surface area contributed by atoms with Crippen molar-refractivity contribution in [3.05, 3.63) is 42.0 Å². The van der Waals surface area contributed by atoms with E-state index in [1.165, 1.54) is 39.7 Å². The first-order valence-corrected chi connectivity index (χ1v) is 7.03. The third kappa shape index (κ3) is 4.03. The minimum atomic E-state index is -0.519. The van der Waals surface area contributed by atoms with Crippen LogP contribution in [0.4, 0.5) is 14.9 Å². The van der Waals surface area contributed by atoms with Crippen LogP contribution in [0.1, 0.15) is 5.69 Å². The number of aromatic nitrogens is 1. The lowest BCUT2D eigenvalue weighted by atomic mass is 10.2. The van der Waals surface area contributed by atoms with E-state index in [-0.39, 0.29) is 12.2 Å². The molecule has 1 heterocycles. The van der Waals surface area contributed by atoms with Crippen LogP contribution in [0.2, 0.25) is 0 Å². The molecule has 2 rings (SSSR count). The lowest BCUT2D eigenvalue weighted by molar-refractivity contribution is 0.251. The molecule has 0 spiro atoms. The number of carbonyl (C=O) groups excluding carboxylic acids is 1. The predicted octanol–water partition coefficient (Wildman–Crippen LogP) is 2.57. The van der Waals surface area contributed by atoms with Crippen molar-refractivity contribution >= 4 is 11.7 Å². The smallest absolute Gasteiger partial charge is 0.319 e. The van der Waals surface area contributed by atoms with Gasteiger partial charge in [0.15, 0.2) is 11.5 Å². The molecule has 1 aromatic heterocycles. The van der Waals surface area contributed by atoms with Gasteiger partial charge in [0.2, 0.25) is 5.75 Å². The number of hydrogen-bond donors (Lipinski definition) is 2. The van der Waals surface area contributed by atoms with Gasteiger partial charge in [0, 0.05) is 18.3 Å². The molecule has 0 aliphatic carbocycles. The molecule has 0 bridgehead atoms. The Kier molecular flexibility index (Phi) is 5.78. The number of halogens is 1. The van der Waals surface area contributed by atoms with Gasteiger partial charge in [-0.25, -0.2) is 9.18 Å². The van der Waals surface area contributed by atoms with Crippen molar-refractivity contribution in [3.63, 3.8) is 0 Å². The van der Waals surface area contributed by atoms with Crippen LogP contribution >= 0.6 is 0 Å². The number of amides is 2. The molecule has 24 heavy (non-hydrogen) atoms. The van der Waals surface area contributed by atoms with Gasteiger partial charge in [-0.3, -0.25) is 4.98 Å². The molecule has 0 saturated carbocycles. The fraction of sp³-hybridized carbons (Fsp3) is 0.250. The Bertz CT molecular complexity index is 699. The lowest BCUT2D eigenvalue weighted by Crippen LogP contribution is -2.29. The van der Waals surface area contributed by atoms with E-state index in [4.69, 9.17) is 14.2 Å². The molecule has 0 unspecified atom stereocenters. The molecule has 128 valence electrons. The number of benzene rings is 1. The van der Waals surface area contributed by atoms with E-state index in [1.807, 2.05) is 0 Å². The zero-order chi connectivity index (χ0) is 17.5. The second kappa shape index (κ2) is 8.00. The quantitative estimate of drug-likeness (QED) is 0.848. The van der Waals surface area contributed by atoms with Crippen LogP contribution in [-0.4, -0.2) is 32.3 Å².